The van der Waals surface area contributed by atoms with E-state index in [0.29, 0.717) is 11.8 Å². The Morgan fingerprint density at radius 2 is 1.84 bits per heavy atom. The number of ether oxygens (including phenoxy) is 1. The normalized spacial score (nSPS) is 18.1. The SMILES string of the molecule is COc1cccc(-c2cccc(Nc3nc(N[C@@H]4CCCC[C@@H]4N)ncc3C(N)=O)c2)c1. The van der Waals surface area contributed by atoms with Crippen LogP contribution in [0.15, 0.2) is 54.7 Å². The maximum absolute atomic E-state index is 12.0. The molecule has 8 heteroatoms. The Bertz CT molecular complexity index is 1100. The largest absolute Gasteiger partial charge is 0.497 e. The van der Waals surface area contributed by atoms with Crippen LogP contribution in [0.5, 0.6) is 5.75 Å². The molecule has 1 aliphatic carbocycles. The van der Waals surface area contributed by atoms with Crippen LogP contribution in [-0.4, -0.2) is 35.1 Å². The molecule has 0 unspecified atom stereocenters. The number of carbonyl (C=O) groups excluding carboxylic acids is 1. The summed E-state index contributed by atoms with van der Waals surface area (Å²) in [5, 5.41) is 6.55. The standard InChI is InChI=1S/C24H28N6O2/c1-32-18-9-5-7-16(13-18)15-6-4-8-17(12-15)28-23-19(22(26)31)14-27-24(30-23)29-21-11-3-2-10-20(21)25/h4-9,12-14,20-21H,2-3,10-11,25H2,1H3,(H2,26,31)(H2,27,28,29,30)/t20-,21+/m0/s1. The number of hydrogen-bond donors (Lipinski definition) is 4. The first-order valence-electron chi connectivity index (χ1n) is 10.7. The van der Waals surface area contributed by atoms with Crippen molar-refractivity contribution in [1.29, 1.82) is 0 Å². The minimum Gasteiger partial charge on any atom is -0.497 e. The van der Waals surface area contributed by atoms with E-state index in [1.165, 1.54) is 6.20 Å². The van der Waals surface area contributed by atoms with Gasteiger partial charge in [-0.3, -0.25) is 4.79 Å². The van der Waals surface area contributed by atoms with Crippen LogP contribution in [0.1, 0.15) is 36.0 Å². The average molecular weight is 433 g/mol. The van der Waals surface area contributed by atoms with Gasteiger partial charge in [-0.2, -0.15) is 4.98 Å². The molecule has 2 atom stereocenters. The van der Waals surface area contributed by atoms with Gasteiger partial charge in [0.2, 0.25) is 5.95 Å². The van der Waals surface area contributed by atoms with Gasteiger partial charge in [0.05, 0.1) is 7.11 Å². The number of nitrogens with zero attached hydrogens (tertiary/aromatic N) is 2. The molecular weight excluding hydrogens is 404 g/mol. The maximum Gasteiger partial charge on any atom is 0.254 e. The molecule has 3 aromatic rings. The van der Waals surface area contributed by atoms with Crippen molar-refractivity contribution < 1.29 is 9.53 Å². The Labute approximate surface area is 187 Å². The third kappa shape index (κ3) is 4.97. The van der Waals surface area contributed by atoms with E-state index >= 15 is 0 Å². The van der Waals surface area contributed by atoms with Crippen molar-refractivity contribution in [3.63, 3.8) is 0 Å². The first-order valence-corrected chi connectivity index (χ1v) is 10.7. The predicted octanol–water partition coefficient (Wildman–Crippen LogP) is 3.68. The third-order valence-corrected chi connectivity index (χ3v) is 5.72. The predicted molar refractivity (Wildman–Crippen MR) is 126 cm³/mol. The molecule has 2 aromatic carbocycles. The van der Waals surface area contributed by atoms with E-state index in [-0.39, 0.29) is 17.6 Å². The lowest BCUT2D eigenvalue weighted by atomic mass is 9.91. The number of hydrogen-bond acceptors (Lipinski definition) is 7. The lowest BCUT2D eigenvalue weighted by molar-refractivity contribution is 0.100. The number of aromatic nitrogens is 2. The molecule has 1 aliphatic rings. The maximum atomic E-state index is 12.0. The van der Waals surface area contributed by atoms with E-state index in [9.17, 15) is 4.79 Å². The third-order valence-electron chi connectivity index (χ3n) is 5.72. The number of nitrogens with one attached hydrogen (secondary N) is 2. The number of primary amides is 1. The molecule has 0 aliphatic heterocycles. The highest BCUT2D eigenvalue weighted by atomic mass is 16.5. The number of carbonyl (C=O) groups is 1. The number of methoxy groups -OCH3 is 1. The summed E-state index contributed by atoms with van der Waals surface area (Å²) in [5.41, 5.74) is 14.8. The summed E-state index contributed by atoms with van der Waals surface area (Å²) in [6, 6.07) is 15.8. The fourth-order valence-electron chi connectivity index (χ4n) is 3.95. The van der Waals surface area contributed by atoms with Gasteiger partial charge in [-0.05, 0) is 48.2 Å². The smallest absolute Gasteiger partial charge is 0.254 e. The van der Waals surface area contributed by atoms with Crippen LogP contribution >= 0.6 is 0 Å². The topological polar surface area (TPSA) is 128 Å². The van der Waals surface area contributed by atoms with Crippen molar-refractivity contribution in [1.82, 2.24) is 9.97 Å². The van der Waals surface area contributed by atoms with Gasteiger partial charge in [-0.15, -0.1) is 0 Å². The highest BCUT2D eigenvalue weighted by Crippen LogP contribution is 2.28. The molecule has 4 rings (SSSR count). The Hall–Kier alpha value is -3.65. The molecule has 1 saturated carbocycles. The fourth-order valence-corrected chi connectivity index (χ4v) is 3.95. The second-order valence-electron chi connectivity index (χ2n) is 7.96. The van der Waals surface area contributed by atoms with Gasteiger partial charge >= 0.3 is 0 Å². The first-order chi connectivity index (χ1) is 15.5. The van der Waals surface area contributed by atoms with Gasteiger partial charge in [-0.1, -0.05) is 37.1 Å². The van der Waals surface area contributed by atoms with Crippen molar-refractivity contribution in [2.75, 3.05) is 17.7 Å². The van der Waals surface area contributed by atoms with Crippen molar-refractivity contribution in [2.45, 2.75) is 37.8 Å². The first kappa shape index (κ1) is 21.6. The number of benzene rings is 2. The summed E-state index contributed by atoms with van der Waals surface area (Å²) in [7, 11) is 1.64. The molecule has 166 valence electrons. The Morgan fingerprint density at radius 1 is 1.09 bits per heavy atom. The molecule has 0 spiro atoms. The van der Waals surface area contributed by atoms with Gasteiger partial charge in [0.1, 0.15) is 17.1 Å². The summed E-state index contributed by atoms with van der Waals surface area (Å²) < 4.78 is 5.33. The van der Waals surface area contributed by atoms with E-state index in [2.05, 4.69) is 20.6 Å². The summed E-state index contributed by atoms with van der Waals surface area (Å²) in [4.78, 5) is 20.8. The minimum absolute atomic E-state index is 0.0547. The molecule has 6 N–H and O–H groups in total. The lowest BCUT2D eigenvalue weighted by Crippen LogP contribution is -2.43. The summed E-state index contributed by atoms with van der Waals surface area (Å²) in [5.74, 6) is 0.952. The van der Waals surface area contributed by atoms with Crippen molar-refractivity contribution in [3.8, 4) is 16.9 Å². The zero-order chi connectivity index (χ0) is 22.5. The summed E-state index contributed by atoms with van der Waals surface area (Å²) >= 11 is 0. The molecular formula is C24H28N6O2. The summed E-state index contributed by atoms with van der Waals surface area (Å²) in [6.45, 7) is 0. The zero-order valence-corrected chi connectivity index (χ0v) is 18.0. The van der Waals surface area contributed by atoms with Crippen LogP contribution < -0.4 is 26.8 Å². The molecule has 1 amide bonds. The molecule has 1 heterocycles. The Balaban J connectivity index is 1.60. The van der Waals surface area contributed by atoms with Crippen molar-refractivity contribution in [3.05, 3.63) is 60.3 Å². The quantitative estimate of drug-likeness (QED) is 0.448. The highest BCUT2D eigenvalue weighted by molar-refractivity contribution is 5.98. The van der Waals surface area contributed by atoms with Gasteiger partial charge < -0.3 is 26.8 Å². The summed E-state index contributed by atoms with van der Waals surface area (Å²) in [6.07, 6.45) is 5.64. The molecule has 0 saturated heterocycles. The molecule has 1 aromatic heterocycles. The van der Waals surface area contributed by atoms with Crippen LogP contribution in [0.4, 0.5) is 17.5 Å². The second-order valence-corrected chi connectivity index (χ2v) is 7.96. The monoisotopic (exact) mass is 432 g/mol. The number of anilines is 3. The molecule has 0 radical (unpaired) electrons. The van der Waals surface area contributed by atoms with Gasteiger partial charge in [0.15, 0.2) is 0 Å². The van der Waals surface area contributed by atoms with Crippen molar-refractivity contribution >= 4 is 23.4 Å². The molecule has 1 fully saturated rings. The van der Waals surface area contributed by atoms with Crippen LogP contribution in [0.3, 0.4) is 0 Å². The second kappa shape index (κ2) is 9.65. The number of rotatable bonds is 7. The average Bonchev–Trinajstić information content (AvgIpc) is 2.81. The van der Waals surface area contributed by atoms with E-state index in [1.807, 2.05) is 48.5 Å². The molecule has 0 bridgehead atoms. The fraction of sp³-hybridized carbons (Fsp3) is 0.292. The van der Waals surface area contributed by atoms with E-state index in [4.69, 9.17) is 16.2 Å². The minimum atomic E-state index is -0.600. The van der Waals surface area contributed by atoms with E-state index < -0.39 is 5.91 Å². The van der Waals surface area contributed by atoms with Crippen LogP contribution in [0.25, 0.3) is 11.1 Å². The van der Waals surface area contributed by atoms with Gasteiger partial charge in [0.25, 0.3) is 5.91 Å². The Morgan fingerprint density at radius 3 is 2.59 bits per heavy atom. The van der Waals surface area contributed by atoms with E-state index in [0.717, 1.165) is 48.2 Å². The van der Waals surface area contributed by atoms with E-state index in [1.54, 1.807) is 7.11 Å². The van der Waals surface area contributed by atoms with Gasteiger partial charge in [0, 0.05) is 24.0 Å². The molecule has 32 heavy (non-hydrogen) atoms. The van der Waals surface area contributed by atoms with Crippen LogP contribution in [0.2, 0.25) is 0 Å². The van der Waals surface area contributed by atoms with Crippen LogP contribution in [-0.2, 0) is 0 Å². The number of amides is 1. The lowest BCUT2D eigenvalue weighted by Gasteiger charge is -2.29. The van der Waals surface area contributed by atoms with Crippen LogP contribution in [0, 0.1) is 0 Å². The van der Waals surface area contributed by atoms with Crippen molar-refractivity contribution in [2.24, 2.45) is 11.5 Å². The highest BCUT2D eigenvalue weighted by Gasteiger charge is 2.23. The van der Waals surface area contributed by atoms with Gasteiger partial charge in [-0.25, -0.2) is 4.98 Å². The Kier molecular flexibility index (Phi) is 6.51. The number of nitrogens with two attached hydrogens (primary N) is 2. The molecule has 8 nitrogen and oxygen atoms in total. The zero-order valence-electron chi connectivity index (χ0n) is 18.0.